The van der Waals surface area contributed by atoms with E-state index >= 15 is 0 Å². The number of nitrogens with zero attached hydrogens (tertiary/aromatic N) is 1. The van der Waals surface area contributed by atoms with E-state index in [9.17, 15) is 0 Å². The number of benzene rings is 2. The molecule has 0 aliphatic rings. The van der Waals surface area contributed by atoms with Gasteiger partial charge in [-0.15, -0.1) is 6.58 Å². The van der Waals surface area contributed by atoms with Gasteiger partial charge < -0.3 is 5.32 Å². The second-order valence-corrected chi connectivity index (χ2v) is 6.02. The number of nitrogens with one attached hydrogen (secondary N) is 1. The van der Waals surface area contributed by atoms with E-state index in [1.54, 1.807) is 0 Å². The molecule has 2 heteroatoms. The van der Waals surface area contributed by atoms with Crippen LogP contribution in [0.5, 0.6) is 0 Å². The summed E-state index contributed by atoms with van der Waals surface area (Å²) in [5.74, 6) is 0. The zero-order valence-corrected chi connectivity index (χ0v) is 13.7. The average Bonchev–Trinajstić information content (AvgIpc) is 2.56. The van der Waals surface area contributed by atoms with Gasteiger partial charge in [-0.3, -0.25) is 4.98 Å². The molecule has 0 aliphatic heterocycles. The van der Waals surface area contributed by atoms with Crippen molar-refractivity contribution in [2.24, 2.45) is 0 Å². The largest absolute Gasteiger partial charge is 0.376 e. The Balaban J connectivity index is 1.92. The van der Waals surface area contributed by atoms with Crippen molar-refractivity contribution >= 4 is 16.6 Å². The van der Waals surface area contributed by atoms with Gasteiger partial charge in [0.1, 0.15) is 0 Å². The molecule has 3 rings (SSSR count). The van der Waals surface area contributed by atoms with Gasteiger partial charge in [0.05, 0.1) is 17.3 Å². The molecule has 2 aromatic carbocycles. The van der Waals surface area contributed by atoms with Crippen molar-refractivity contribution in [3.8, 4) is 0 Å². The first-order valence-electron chi connectivity index (χ1n) is 7.97. The first kappa shape index (κ1) is 15.3. The molecule has 1 N–H and O–H groups in total. The Morgan fingerprint density at radius 3 is 2.48 bits per heavy atom. The predicted molar refractivity (Wildman–Crippen MR) is 98.8 cm³/mol. The Bertz CT molecular complexity index is 819. The average molecular weight is 302 g/mol. The van der Waals surface area contributed by atoms with Gasteiger partial charge in [0.15, 0.2) is 0 Å². The zero-order valence-electron chi connectivity index (χ0n) is 13.7. The highest BCUT2D eigenvalue weighted by atomic mass is 14.9. The molecule has 2 nitrogen and oxygen atoms in total. The zero-order chi connectivity index (χ0) is 16.2. The molecule has 0 saturated carbocycles. The van der Waals surface area contributed by atoms with Crippen LogP contribution in [0.4, 0.5) is 5.69 Å². The second-order valence-electron chi connectivity index (χ2n) is 6.02. The van der Waals surface area contributed by atoms with E-state index < -0.39 is 0 Å². The van der Waals surface area contributed by atoms with Crippen molar-refractivity contribution in [3.63, 3.8) is 0 Å². The highest BCUT2D eigenvalue weighted by molar-refractivity contribution is 5.79. The molecule has 0 amide bonds. The van der Waals surface area contributed by atoms with Crippen molar-refractivity contribution in [1.29, 1.82) is 0 Å². The van der Waals surface area contributed by atoms with Crippen LogP contribution in [-0.4, -0.2) is 4.98 Å². The van der Waals surface area contributed by atoms with E-state index in [2.05, 4.69) is 80.3 Å². The van der Waals surface area contributed by atoms with E-state index in [1.165, 1.54) is 16.5 Å². The lowest BCUT2D eigenvalue weighted by atomic mass is 10.1. The van der Waals surface area contributed by atoms with Crippen LogP contribution in [0.25, 0.3) is 10.9 Å². The number of pyridine rings is 1. The molecule has 0 fully saturated rings. The molecular formula is C21H22N2. The summed E-state index contributed by atoms with van der Waals surface area (Å²) in [6, 6.07) is 19.2. The van der Waals surface area contributed by atoms with Crippen LogP contribution in [0.3, 0.4) is 0 Å². The summed E-state index contributed by atoms with van der Waals surface area (Å²) in [6.07, 6.45) is 2.77. The molecule has 0 bridgehead atoms. The molecule has 3 aromatic rings. The van der Waals surface area contributed by atoms with Crippen LogP contribution in [-0.2, 0) is 0 Å². The highest BCUT2D eigenvalue weighted by Gasteiger charge is 2.12. The molecule has 23 heavy (non-hydrogen) atoms. The van der Waals surface area contributed by atoms with Crippen molar-refractivity contribution in [3.05, 3.63) is 84.1 Å². The summed E-state index contributed by atoms with van der Waals surface area (Å²) >= 11 is 0. The molecular weight excluding hydrogens is 280 g/mol. The maximum Gasteiger partial charge on any atom is 0.0719 e. The molecule has 0 saturated heterocycles. The van der Waals surface area contributed by atoms with Crippen LogP contribution in [0.2, 0.25) is 0 Å². The van der Waals surface area contributed by atoms with Crippen molar-refractivity contribution in [1.82, 2.24) is 4.98 Å². The number of anilines is 1. The first-order chi connectivity index (χ1) is 11.2. The van der Waals surface area contributed by atoms with Gasteiger partial charge in [0.25, 0.3) is 0 Å². The molecule has 1 aromatic heterocycles. The lowest BCUT2D eigenvalue weighted by Gasteiger charge is -2.19. The lowest BCUT2D eigenvalue weighted by molar-refractivity contribution is 0.771. The van der Waals surface area contributed by atoms with Gasteiger partial charge in [-0.05, 0) is 50.6 Å². The maximum absolute atomic E-state index is 4.84. The van der Waals surface area contributed by atoms with Crippen LogP contribution in [0.1, 0.15) is 29.3 Å². The number of hydrogen-bond acceptors (Lipinski definition) is 2. The first-order valence-corrected chi connectivity index (χ1v) is 7.97. The minimum Gasteiger partial charge on any atom is -0.376 e. The fraction of sp³-hybridized carbons (Fsp3) is 0.190. The van der Waals surface area contributed by atoms with E-state index in [0.717, 1.165) is 23.3 Å². The summed E-state index contributed by atoms with van der Waals surface area (Å²) in [5.41, 5.74) is 5.70. The number of aromatic nitrogens is 1. The van der Waals surface area contributed by atoms with Gasteiger partial charge in [-0.2, -0.15) is 0 Å². The molecule has 0 aliphatic carbocycles. The van der Waals surface area contributed by atoms with E-state index in [0.29, 0.717) is 0 Å². The van der Waals surface area contributed by atoms with Crippen LogP contribution in [0, 0.1) is 13.8 Å². The third-order valence-electron chi connectivity index (χ3n) is 4.02. The summed E-state index contributed by atoms with van der Waals surface area (Å²) < 4.78 is 0. The Labute approximate surface area is 137 Å². The van der Waals surface area contributed by atoms with Gasteiger partial charge in [-0.25, -0.2) is 0 Å². The molecule has 0 spiro atoms. The van der Waals surface area contributed by atoms with Gasteiger partial charge in [0, 0.05) is 11.1 Å². The van der Waals surface area contributed by atoms with Crippen molar-refractivity contribution in [2.75, 3.05) is 5.32 Å². The fourth-order valence-corrected chi connectivity index (χ4v) is 2.73. The Hall–Kier alpha value is -2.61. The molecule has 0 radical (unpaired) electrons. The quantitative estimate of drug-likeness (QED) is 0.622. The van der Waals surface area contributed by atoms with Crippen LogP contribution in [0.15, 0.2) is 67.3 Å². The smallest absolute Gasteiger partial charge is 0.0719 e. The summed E-state index contributed by atoms with van der Waals surface area (Å²) in [5, 5.41) is 4.75. The minimum absolute atomic E-state index is 0.126. The molecule has 116 valence electrons. The van der Waals surface area contributed by atoms with Crippen LogP contribution < -0.4 is 5.32 Å². The fourth-order valence-electron chi connectivity index (χ4n) is 2.73. The number of aryl methyl sites for hydroxylation is 2. The number of hydrogen-bond donors (Lipinski definition) is 1. The topological polar surface area (TPSA) is 24.9 Å². The molecule has 1 unspecified atom stereocenters. The Morgan fingerprint density at radius 2 is 1.74 bits per heavy atom. The number of rotatable bonds is 5. The third-order valence-corrected chi connectivity index (χ3v) is 4.02. The highest BCUT2D eigenvalue weighted by Crippen LogP contribution is 2.24. The second kappa shape index (κ2) is 6.66. The van der Waals surface area contributed by atoms with E-state index in [-0.39, 0.29) is 6.04 Å². The third kappa shape index (κ3) is 3.59. The normalized spacial score (nSPS) is 12.1. The molecule has 1 heterocycles. The summed E-state index contributed by atoms with van der Waals surface area (Å²) in [6.45, 7) is 8.09. The summed E-state index contributed by atoms with van der Waals surface area (Å²) in [4.78, 5) is 4.84. The maximum atomic E-state index is 4.84. The van der Waals surface area contributed by atoms with Crippen LogP contribution >= 0.6 is 0 Å². The Kier molecular flexibility index (Phi) is 4.42. The Morgan fingerprint density at radius 1 is 1.00 bits per heavy atom. The monoisotopic (exact) mass is 302 g/mol. The van der Waals surface area contributed by atoms with Gasteiger partial charge >= 0.3 is 0 Å². The van der Waals surface area contributed by atoms with Gasteiger partial charge in [-0.1, -0.05) is 41.5 Å². The van der Waals surface area contributed by atoms with Gasteiger partial charge in [0.2, 0.25) is 0 Å². The van der Waals surface area contributed by atoms with Crippen molar-refractivity contribution in [2.45, 2.75) is 26.3 Å². The standard InChI is InChI=1S/C21H22N2/c1-4-5-20(22-18-10-6-15(2)7-11-18)21-13-9-17-14-16(3)8-12-19(17)23-21/h4,6-14,20,22H,1,5H2,2-3H3. The van der Waals surface area contributed by atoms with Crippen molar-refractivity contribution < 1.29 is 0 Å². The molecule has 1 atom stereocenters. The predicted octanol–water partition coefficient (Wildman–Crippen LogP) is 5.58. The van der Waals surface area contributed by atoms with E-state index in [4.69, 9.17) is 4.98 Å². The number of fused-ring (bicyclic) bond motifs is 1. The lowest BCUT2D eigenvalue weighted by Crippen LogP contribution is -2.11. The minimum atomic E-state index is 0.126. The summed E-state index contributed by atoms with van der Waals surface area (Å²) in [7, 11) is 0. The van der Waals surface area contributed by atoms with E-state index in [1.807, 2.05) is 6.08 Å². The SMILES string of the molecule is C=CCC(Nc1ccc(C)cc1)c1ccc2cc(C)ccc2n1.